The Labute approximate surface area is 156 Å². The Bertz CT molecular complexity index is 875. The van der Waals surface area contributed by atoms with Gasteiger partial charge < -0.3 is 14.3 Å². The number of benzene rings is 1. The zero-order valence-corrected chi connectivity index (χ0v) is 14.9. The zero-order chi connectivity index (χ0) is 18.5. The molecule has 8 nitrogen and oxygen atoms in total. The summed E-state index contributed by atoms with van der Waals surface area (Å²) in [5.41, 5.74) is 0.901. The summed E-state index contributed by atoms with van der Waals surface area (Å²) in [4.78, 5) is 29.3. The molecular weight excluding hydrogens is 344 g/mol. The minimum atomic E-state index is 0.100. The van der Waals surface area contributed by atoms with Gasteiger partial charge in [-0.25, -0.2) is 9.97 Å². The van der Waals surface area contributed by atoms with Crippen molar-refractivity contribution < 1.29 is 9.32 Å². The molecule has 27 heavy (non-hydrogen) atoms. The van der Waals surface area contributed by atoms with Gasteiger partial charge in [-0.2, -0.15) is 4.98 Å². The van der Waals surface area contributed by atoms with Crippen molar-refractivity contribution >= 4 is 11.9 Å². The maximum absolute atomic E-state index is 12.5. The van der Waals surface area contributed by atoms with Gasteiger partial charge in [0.2, 0.25) is 23.6 Å². The number of aromatic nitrogens is 4. The van der Waals surface area contributed by atoms with Crippen LogP contribution in [0.4, 0.5) is 5.95 Å². The molecule has 1 fully saturated rings. The van der Waals surface area contributed by atoms with E-state index in [2.05, 4.69) is 25.0 Å². The Morgan fingerprint density at radius 3 is 2.48 bits per heavy atom. The van der Waals surface area contributed by atoms with Crippen LogP contribution in [-0.4, -0.2) is 57.1 Å². The monoisotopic (exact) mass is 364 g/mol. The summed E-state index contributed by atoms with van der Waals surface area (Å²) in [5.74, 6) is 1.85. The Morgan fingerprint density at radius 1 is 1.00 bits per heavy atom. The SMILES string of the molecule is O=C(CCc1nc(-c2ccccc2)no1)N1CCN(c2ncccn2)CC1. The van der Waals surface area contributed by atoms with Crippen LogP contribution in [0.25, 0.3) is 11.4 Å². The fraction of sp³-hybridized carbons (Fsp3) is 0.316. The topological polar surface area (TPSA) is 88.3 Å². The van der Waals surface area contributed by atoms with Crippen LogP contribution in [0.15, 0.2) is 53.3 Å². The predicted octanol–water partition coefficient (Wildman–Crippen LogP) is 1.81. The van der Waals surface area contributed by atoms with E-state index in [9.17, 15) is 4.79 Å². The van der Waals surface area contributed by atoms with E-state index in [1.807, 2.05) is 35.2 Å². The lowest BCUT2D eigenvalue weighted by atomic mass is 10.2. The fourth-order valence-corrected chi connectivity index (χ4v) is 3.04. The standard InChI is InChI=1S/C19H20N6O2/c26-17(24-11-13-25(14-12-24)19-20-9-4-10-21-19)8-7-16-22-18(23-27-16)15-5-2-1-3-6-15/h1-6,9-10H,7-8,11-14H2. The van der Waals surface area contributed by atoms with E-state index in [1.165, 1.54) is 0 Å². The average Bonchev–Trinajstić information content (AvgIpc) is 3.22. The van der Waals surface area contributed by atoms with E-state index in [-0.39, 0.29) is 5.91 Å². The number of aryl methyl sites for hydroxylation is 1. The molecule has 1 saturated heterocycles. The van der Waals surface area contributed by atoms with Gasteiger partial charge in [0.05, 0.1) is 0 Å². The van der Waals surface area contributed by atoms with Crippen molar-refractivity contribution in [2.45, 2.75) is 12.8 Å². The predicted molar refractivity (Wildman–Crippen MR) is 98.9 cm³/mol. The first-order valence-corrected chi connectivity index (χ1v) is 8.97. The lowest BCUT2D eigenvalue weighted by molar-refractivity contribution is -0.131. The van der Waals surface area contributed by atoms with Crippen molar-refractivity contribution in [1.29, 1.82) is 0 Å². The largest absolute Gasteiger partial charge is 0.339 e. The maximum atomic E-state index is 12.5. The molecule has 8 heteroatoms. The molecule has 0 radical (unpaired) electrons. The molecule has 3 aromatic rings. The smallest absolute Gasteiger partial charge is 0.227 e. The van der Waals surface area contributed by atoms with Gasteiger partial charge in [0.15, 0.2) is 0 Å². The third kappa shape index (κ3) is 4.11. The van der Waals surface area contributed by atoms with Crippen LogP contribution in [0, 0.1) is 0 Å². The van der Waals surface area contributed by atoms with Gasteiger partial charge in [-0.3, -0.25) is 4.79 Å². The molecule has 138 valence electrons. The molecule has 0 saturated carbocycles. The molecule has 0 unspecified atom stereocenters. The number of amides is 1. The number of rotatable bonds is 5. The first-order chi connectivity index (χ1) is 13.3. The summed E-state index contributed by atoms with van der Waals surface area (Å²) in [5, 5.41) is 3.99. The second kappa shape index (κ2) is 7.94. The molecule has 1 aliphatic rings. The number of carbonyl (C=O) groups excluding carboxylic acids is 1. The molecule has 4 rings (SSSR count). The number of hydrogen-bond donors (Lipinski definition) is 0. The summed E-state index contributed by atoms with van der Waals surface area (Å²) >= 11 is 0. The van der Waals surface area contributed by atoms with Gasteiger partial charge >= 0.3 is 0 Å². The Hall–Kier alpha value is -3.29. The minimum absolute atomic E-state index is 0.100. The number of carbonyl (C=O) groups is 1. The second-order valence-corrected chi connectivity index (χ2v) is 6.29. The molecule has 0 aliphatic carbocycles. The third-order valence-corrected chi connectivity index (χ3v) is 4.52. The van der Waals surface area contributed by atoms with Gasteiger partial charge in [-0.05, 0) is 6.07 Å². The van der Waals surface area contributed by atoms with Crippen molar-refractivity contribution in [3.63, 3.8) is 0 Å². The quantitative estimate of drug-likeness (QED) is 0.682. The van der Waals surface area contributed by atoms with Crippen LogP contribution in [0.5, 0.6) is 0 Å². The Kier molecular flexibility index (Phi) is 5.04. The van der Waals surface area contributed by atoms with Crippen molar-refractivity contribution in [3.05, 3.63) is 54.7 Å². The lowest BCUT2D eigenvalue weighted by Gasteiger charge is -2.34. The van der Waals surface area contributed by atoms with E-state index in [1.54, 1.807) is 18.5 Å². The first-order valence-electron chi connectivity index (χ1n) is 8.97. The number of anilines is 1. The highest BCUT2D eigenvalue weighted by Gasteiger charge is 2.22. The highest BCUT2D eigenvalue weighted by atomic mass is 16.5. The molecule has 0 atom stereocenters. The molecule has 2 aromatic heterocycles. The van der Waals surface area contributed by atoms with Gasteiger partial charge in [0.25, 0.3) is 0 Å². The van der Waals surface area contributed by atoms with Crippen LogP contribution in [0.3, 0.4) is 0 Å². The van der Waals surface area contributed by atoms with Crippen LogP contribution < -0.4 is 4.90 Å². The van der Waals surface area contributed by atoms with Crippen LogP contribution >= 0.6 is 0 Å². The summed E-state index contributed by atoms with van der Waals surface area (Å²) in [7, 11) is 0. The van der Waals surface area contributed by atoms with E-state index in [4.69, 9.17) is 4.52 Å². The first kappa shape index (κ1) is 17.1. The van der Waals surface area contributed by atoms with Gasteiger partial charge in [0, 0.05) is 57.0 Å². The van der Waals surface area contributed by atoms with Crippen molar-refractivity contribution in [2.24, 2.45) is 0 Å². The fourth-order valence-electron chi connectivity index (χ4n) is 3.04. The number of nitrogens with zero attached hydrogens (tertiary/aromatic N) is 6. The molecule has 0 spiro atoms. The van der Waals surface area contributed by atoms with Gasteiger partial charge in [-0.1, -0.05) is 35.5 Å². The zero-order valence-electron chi connectivity index (χ0n) is 14.9. The Balaban J connectivity index is 1.27. The van der Waals surface area contributed by atoms with E-state index in [0.717, 1.165) is 18.7 Å². The third-order valence-electron chi connectivity index (χ3n) is 4.52. The van der Waals surface area contributed by atoms with Crippen LogP contribution in [0.1, 0.15) is 12.3 Å². The van der Waals surface area contributed by atoms with Crippen molar-refractivity contribution in [3.8, 4) is 11.4 Å². The highest BCUT2D eigenvalue weighted by molar-refractivity contribution is 5.76. The van der Waals surface area contributed by atoms with Crippen molar-refractivity contribution in [1.82, 2.24) is 25.0 Å². The molecule has 0 N–H and O–H groups in total. The Morgan fingerprint density at radius 2 is 1.74 bits per heavy atom. The molecule has 0 bridgehead atoms. The van der Waals surface area contributed by atoms with E-state index < -0.39 is 0 Å². The van der Waals surface area contributed by atoms with E-state index in [0.29, 0.717) is 43.6 Å². The highest BCUT2D eigenvalue weighted by Crippen LogP contribution is 2.16. The maximum Gasteiger partial charge on any atom is 0.227 e. The number of hydrogen-bond acceptors (Lipinski definition) is 7. The summed E-state index contributed by atoms with van der Waals surface area (Å²) < 4.78 is 5.28. The number of piperazine rings is 1. The van der Waals surface area contributed by atoms with E-state index >= 15 is 0 Å². The summed E-state index contributed by atoms with van der Waals surface area (Å²) in [6, 6.07) is 11.4. The molecule has 3 heterocycles. The normalized spacial score (nSPS) is 14.4. The summed E-state index contributed by atoms with van der Waals surface area (Å²) in [6.07, 6.45) is 4.26. The van der Waals surface area contributed by atoms with Gasteiger partial charge in [-0.15, -0.1) is 0 Å². The average molecular weight is 364 g/mol. The van der Waals surface area contributed by atoms with Crippen LogP contribution in [0.2, 0.25) is 0 Å². The summed E-state index contributed by atoms with van der Waals surface area (Å²) in [6.45, 7) is 2.79. The molecule has 1 aromatic carbocycles. The van der Waals surface area contributed by atoms with Crippen LogP contribution in [-0.2, 0) is 11.2 Å². The molecule has 1 aliphatic heterocycles. The molecule has 1 amide bonds. The minimum Gasteiger partial charge on any atom is -0.339 e. The van der Waals surface area contributed by atoms with Crippen molar-refractivity contribution in [2.75, 3.05) is 31.1 Å². The van der Waals surface area contributed by atoms with Gasteiger partial charge in [0.1, 0.15) is 0 Å². The second-order valence-electron chi connectivity index (χ2n) is 6.29. The molecular formula is C19H20N6O2. The lowest BCUT2D eigenvalue weighted by Crippen LogP contribution is -2.49.